The quantitative estimate of drug-likeness (QED) is 0.0827. The van der Waals surface area contributed by atoms with Crippen LogP contribution in [-0.2, 0) is 24.6 Å². The maximum absolute atomic E-state index is 14.8. The van der Waals surface area contributed by atoms with Gasteiger partial charge in [-0.15, -0.1) is 11.8 Å². The second-order valence-corrected chi connectivity index (χ2v) is 13.9. The van der Waals surface area contributed by atoms with Gasteiger partial charge in [0.15, 0.2) is 0 Å². The molecule has 1 amide bonds. The molecule has 0 radical (unpaired) electrons. The van der Waals surface area contributed by atoms with Crippen LogP contribution in [0.15, 0.2) is 182 Å². The van der Waals surface area contributed by atoms with Crippen molar-refractivity contribution in [2.45, 2.75) is 36.2 Å². The van der Waals surface area contributed by atoms with Crippen molar-refractivity contribution in [3.8, 4) is 0 Å². The Morgan fingerprint density at radius 3 is 1.21 bits per heavy atom. The third-order valence-electron chi connectivity index (χ3n) is 9.33. The number of carbonyl (C=O) groups excluding carboxylic acids is 2. The van der Waals surface area contributed by atoms with Crippen LogP contribution in [0, 0.1) is 0 Å². The Balaban J connectivity index is 1.53. The molecule has 0 aliphatic carbocycles. The van der Waals surface area contributed by atoms with E-state index < -0.39 is 28.3 Å². The molecule has 0 aliphatic rings. The smallest absolute Gasteiger partial charge is 0.328 e. The summed E-state index contributed by atoms with van der Waals surface area (Å²) >= 11 is 1.70. The second-order valence-electron chi connectivity index (χ2n) is 12.6. The number of hydrogen-bond acceptors (Lipinski definition) is 5. The van der Waals surface area contributed by atoms with Gasteiger partial charge in [0.05, 0.1) is 22.9 Å². The molecule has 0 saturated heterocycles. The number of amides is 1. The van der Waals surface area contributed by atoms with Crippen molar-refractivity contribution >= 4 is 23.6 Å². The lowest BCUT2D eigenvalue weighted by molar-refractivity contribution is -0.147. The fourth-order valence-corrected chi connectivity index (χ4v) is 8.44. The lowest BCUT2D eigenvalue weighted by Crippen LogP contribution is -2.58. The average molecular weight is 705 g/mol. The Bertz CT molecular complexity index is 1800. The summed E-state index contributed by atoms with van der Waals surface area (Å²) in [7, 11) is 0. The molecule has 6 heteroatoms. The maximum atomic E-state index is 14.8. The van der Waals surface area contributed by atoms with Crippen molar-refractivity contribution < 1.29 is 14.3 Å². The number of carbonyl (C=O) groups is 2. The fraction of sp³-hybridized carbons (Fsp3) is 0.174. The minimum atomic E-state index is -0.936. The SMILES string of the molecule is CCOC(=O)C(C)NC(=O)C(CSC(c1ccccc1)(c1ccccc1)c1ccccc1)NC(c1ccccc1)(c1ccccc1)c1ccccc1. The van der Waals surface area contributed by atoms with E-state index in [1.54, 1.807) is 25.6 Å². The van der Waals surface area contributed by atoms with Crippen LogP contribution in [0.4, 0.5) is 0 Å². The molecule has 0 heterocycles. The number of thioether (sulfide) groups is 1. The van der Waals surface area contributed by atoms with Gasteiger partial charge in [0.25, 0.3) is 0 Å². The Labute approximate surface area is 311 Å². The first kappa shape index (κ1) is 36.4. The van der Waals surface area contributed by atoms with E-state index in [-0.39, 0.29) is 12.5 Å². The number of esters is 1. The maximum Gasteiger partial charge on any atom is 0.328 e. The summed E-state index contributed by atoms with van der Waals surface area (Å²) in [6.45, 7) is 3.66. The monoisotopic (exact) mass is 704 g/mol. The molecular formula is C46H44N2O3S. The molecule has 0 aromatic heterocycles. The summed E-state index contributed by atoms with van der Waals surface area (Å²) < 4.78 is 4.63. The first-order chi connectivity index (χ1) is 25.5. The van der Waals surface area contributed by atoms with Gasteiger partial charge < -0.3 is 10.1 Å². The molecule has 0 aliphatic heterocycles. The van der Waals surface area contributed by atoms with E-state index in [1.165, 1.54) is 0 Å². The van der Waals surface area contributed by atoms with Gasteiger partial charge >= 0.3 is 5.97 Å². The van der Waals surface area contributed by atoms with Crippen LogP contribution in [0.25, 0.3) is 0 Å². The molecule has 0 saturated carbocycles. The number of nitrogens with one attached hydrogen (secondary N) is 2. The molecule has 52 heavy (non-hydrogen) atoms. The summed E-state index contributed by atoms with van der Waals surface area (Å²) in [5, 5.41) is 6.94. The normalized spacial score (nSPS) is 12.7. The molecule has 6 aromatic rings. The molecule has 0 bridgehead atoms. The lowest BCUT2D eigenvalue weighted by atomic mass is 9.76. The fourth-order valence-electron chi connectivity index (χ4n) is 6.88. The summed E-state index contributed by atoms with van der Waals surface area (Å²) in [5.74, 6) is -0.438. The molecule has 0 fully saturated rings. The minimum Gasteiger partial charge on any atom is -0.464 e. The van der Waals surface area contributed by atoms with E-state index in [0.717, 1.165) is 33.4 Å². The topological polar surface area (TPSA) is 67.4 Å². The van der Waals surface area contributed by atoms with Gasteiger partial charge in [0, 0.05) is 5.75 Å². The molecule has 0 spiro atoms. The Hall–Kier alpha value is -5.43. The van der Waals surface area contributed by atoms with Gasteiger partial charge in [0.2, 0.25) is 5.91 Å². The van der Waals surface area contributed by atoms with Crippen LogP contribution in [0.1, 0.15) is 47.2 Å². The number of ether oxygens (including phenoxy) is 1. The van der Waals surface area contributed by atoms with Gasteiger partial charge in [-0.1, -0.05) is 182 Å². The van der Waals surface area contributed by atoms with Gasteiger partial charge in [-0.2, -0.15) is 0 Å². The second kappa shape index (κ2) is 17.2. The highest BCUT2D eigenvalue weighted by molar-refractivity contribution is 8.00. The number of rotatable bonds is 15. The third kappa shape index (κ3) is 7.74. The molecule has 6 aromatic carbocycles. The van der Waals surface area contributed by atoms with Crippen molar-refractivity contribution in [3.05, 3.63) is 215 Å². The van der Waals surface area contributed by atoms with Gasteiger partial charge in [0.1, 0.15) is 6.04 Å². The standard InChI is InChI=1S/C46H44N2O3S/c1-3-51-44(50)35(2)47-43(49)42(48-45(36-22-10-4-11-23-36,37-24-12-5-13-25-37)38-26-14-6-15-27-38)34-52-46(39-28-16-7-17-29-39,40-30-18-8-19-31-40)41-32-20-9-21-33-41/h4-33,35,42,48H,3,34H2,1-2H3,(H,47,49). The van der Waals surface area contributed by atoms with Crippen molar-refractivity contribution in [1.29, 1.82) is 0 Å². The highest BCUT2D eigenvalue weighted by Gasteiger charge is 2.43. The summed E-state index contributed by atoms with van der Waals surface area (Å²) in [4.78, 5) is 27.6. The van der Waals surface area contributed by atoms with Crippen molar-refractivity contribution in [2.24, 2.45) is 0 Å². The van der Waals surface area contributed by atoms with E-state index >= 15 is 0 Å². The molecule has 2 N–H and O–H groups in total. The van der Waals surface area contributed by atoms with Crippen LogP contribution in [0.2, 0.25) is 0 Å². The van der Waals surface area contributed by atoms with Gasteiger partial charge in [-0.25, -0.2) is 4.79 Å². The molecule has 2 atom stereocenters. The van der Waals surface area contributed by atoms with E-state index in [1.807, 2.05) is 72.8 Å². The Morgan fingerprint density at radius 1 is 0.558 bits per heavy atom. The minimum absolute atomic E-state index is 0.226. The molecule has 262 valence electrons. The Kier molecular flexibility index (Phi) is 12.0. The predicted molar refractivity (Wildman–Crippen MR) is 212 cm³/mol. The third-order valence-corrected chi connectivity index (χ3v) is 11.0. The Morgan fingerprint density at radius 2 is 0.885 bits per heavy atom. The number of hydrogen-bond donors (Lipinski definition) is 2. The molecule has 6 rings (SSSR count). The highest BCUT2D eigenvalue weighted by Crippen LogP contribution is 2.49. The molecule has 2 unspecified atom stereocenters. The zero-order valence-corrected chi connectivity index (χ0v) is 30.3. The van der Waals surface area contributed by atoms with E-state index in [0.29, 0.717) is 5.75 Å². The van der Waals surface area contributed by atoms with Crippen LogP contribution >= 0.6 is 11.8 Å². The largest absolute Gasteiger partial charge is 0.464 e. The predicted octanol–water partition coefficient (Wildman–Crippen LogP) is 8.73. The average Bonchev–Trinajstić information content (AvgIpc) is 3.21. The van der Waals surface area contributed by atoms with E-state index in [2.05, 4.69) is 120 Å². The lowest BCUT2D eigenvalue weighted by Gasteiger charge is -2.41. The summed E-state index contributed by atoms with van der Waals surface area (Å²) in [6.07, 6.45) is 0. The van der Waals surface area contributed by atoms with Crippen molar-refractivity contribution in [2.75, 3.05) is 12.4 Å². The highest BCUT2D eigenvalue weighted by atomic mass is 32.2. The van der Waals surface area contributed by atoms with Crippen molar-refractivity contribution in [1.82, 2.24) is 10.6 Å². The zero-order valence-electron chi connectivity index (χ0n) is 29.5. The molecule has 5 nitrogen and oxygen atoms in total. The number of benzene rings is 6. The van der Waals surface area contributed by atoms with Gasteiger partial charge in [-0.05, 0) is 47.2 Å². The van der Waals surface area contributed by atoms with Crippen LogP contribution in [0.3, 0.4) is 0 Å². The first-order valence-electron chi connectivity index (χ1n) is 17.7. The first-order valence-corrected chi connectivity index (χ1v) is 18.7. The van der Waals surface area contributed by atoms with Crippen LogP contribution < -0.4 is 10.6 Å². The van der Waals surface area contributed by atoms with E-state index in [9.17, 15) is 9.59 Å². The van der Waals surface area contributed by atoms with E-state index in [4.69, 9.17) is 4.74 Å². The molecular weight excluding hydrogens is 661 g/mol. The van der Waals surface area contributed by atoms with Gasteiger partial charge in [-0.3, -0.25) is 10.1 Å². The zero-order chi connectivity index (χ0) is 36.2. The summed E-state index contributed by atoms with van der Waals surface area (Å²) in [6, 6.07) is 60.4. The van der Waals surface area contributed by atoms with Crippen LogP contribution in [0.5, 0.6) is 0 Å². The van der Waals surface area contributed by atoms with Crippen LogP contribution in [-0.4, -0.2) is 36.3 Å². The van der Waals surface area contributed by atoms with Crippen molar-refractivity contribution in [3.63, 3.8) is 0 Å². The summed E-state index contributed by atoms with van der Waals surface area (Å²) in [5.41, 5.74) is 5.29.